The molecule has 21 heavy (non-hydrogen) atoms. The lowest BCUT2D eigenvalue weighted by Crippen LogP contribution is -2.48. The summed E-state index contributed by atoms with van der Waals surface area (Å²) in [5.41, 5.74) is 2.92. The number of nitrogens with zero attached hydrogens (tertiary/aromatic N) is 3. The second kappa shape index (κ2) is 6.76. The van der Waals surface area contributed by atoms with Crippen LogP contribution < -0.4 is 5.32 Å². The van der Waals surface area contributed by atoms with E-state index in [4.69, 9.17) is 0 Å². The molecule has 0 saturated heterocycles. The number of hydrogen-bond acceptors (Lipinski definition) is 5. The average molecular weight is 304 g/mol. The molecule has 1 aliphatic carbocycles. The summed E-state index contributed by atoms with van der Waals surface area (Å²) < 4.78 is 0. The van der Waals surface area contributed by atoms with E-state index in [9.17, 15) is 5.26 Å². The molecule has 0 aliphatic heterocycles. The Balaban J connectivity index is 2.11. The van der Waals surface area contributed by atoms with Gasteiger partial charge >= 0.3 is 0 Å². The Labute approximate surface area is 131 Å². The maximum Gasteiger partial charge on any atom is 0.188 e. The van der Waals surface area contributed by atoms with Gasteiger partial charge < -0.3 is 0 Å². The van der Waals surface area contributed by atoms with Crippen molar-refractivity contribution in [2.45, 2.75) is 69.3 Å². The van der Waals surface area contributed by atoms with Crippen molar-refractivity contribution in [1.29, 1.82) is 5.26 Å². The molecule has 1 N–H and O–H groups in total. The molecule has 4 nitrogen and oxygen atoms in total. The molecule has 1 aromatic heterocycles. The number of rotatable bonds is 4. The summed E-state index contributed by atoms with van der Waals surface area (Å²) >= 11 is 1.73. The Morgan fingerprint density at radius 1 is 1.33 bits per heavy atom. The Morgan fingerprint density at radius 3 is 2.57 bits per heavy atom. The van der Waals surface area contributed by atoms with Gasteiger partial charge in [0.2, 0.25) is 0 Å². The van der Waals surface area contributed by atoms with E-state index >= 15 is 0 Å². The first kappa shape index (κ1) is 16.3. The maximum absolute atomic E-state index is 9.53. The van der Waals surface area contributed by atoms with E-state index in [-0.39, 0.29) is 5.54 Å². The van der Waals surface area contributed by atoms with E-state index in [1.54, 1.807) is 11.8 Å². The fourth-order valence-electron chi connectivity index (χ4n) is 2.91. The number of thioether (sulfide) groups is 1. The van der Waals surface area contributed by atoms with Crippen LogP contribution in [0.25, 0.3) is 0 Å². The lowest BCUT2D eigenvalue weighted by molar-refractivity contribution is 0.309. The minimum atomic E-state index is -0.362. The van der Waals surface area contributed by atoms with E-state index < -0.39 is 0 Å². The second-order valence-corrected chi connectivity index (χ2v) is 7.13. The van der Waals surface area contributed by atoms with Gasteiger partial charge in [-0.3, -0.25) is 5.32 Å². The molecule has 1 heterocycles. The summed E-state index contributed by atoms with van der Waals surface area (Å²) in [6.45, 7) is 9.03. The van der Waals surface area contributed by atoms with Crippen molar-refractivity contribution >= 4 is 11.8 Å². The van der Waals surface area contributed by atoms with Crippen LogP contribution in [-0.2, 0) is 0 Å². The third kappa shape index (κ3) is 3.75. The highest BCUT2D eigenvalue weighted by Gasteiger charge is 2.36. The lowest BCUT2D eigenvalue weighted by atomic mass is 9.82. The van der Waals surface area contributed by atoms with Crippen molar-refractivity contribution < 1.29 is 0 Å². The van der Waals surface area contributed by atoms with Crippen molar-refractivity contribution in [3.8, 4) is 6.07 Å². The summed E-state index contributed by atoms with van der Waals surface area (Å²) in [6, 6.07) is 2.50. The number of nitrogens with one attached hydrogen (secondary N) is 1. The molecule has 2 atom stereocenters. The number of nitriles is 1. The molecular weight excluding hydrogens is 280 g/mol. The summed E-state index contributed by atoms with van der Waals surface area (Å²) in [5.74, 6) is 0. The van der Waals surface area contributed by atoms with Crippen LogP contribution in [0.1, 0.15) is 49.6 Å². The highest BCUT2D eigenvalue weighted by atomic mass is 32.2. The SMILES string of the molecule is CCNC1(C#N)CCCC(Sc2nc(C)c(C)c(C)n2)C1. The van der Waals surface area contributed by atoms with Crippen molar-refractivity contribution in [1.82, 2.24) is 15.3 Å². The molecule has 1 aromatic rings. The average Bonchev–Trinajstić information content (AvgIpc) is 2.45. The summed E-state index contributed by atoms with van der Waals surface area (Å²) in [6.07, 6.45) is 4.04. The quantitative estimate of drug-likeness (QED) is 0.865. The first-order valence-electron chi connectivity index (χ1n) is 7.64. The normalized spacial score (nSPS) is 25.6. The Bertz CT molecular complexity index is 525. The molecule has 2 unspecified atom stereocenters. The molecule has 0 bridgehead atoms. The van der Waals surface area contributed by atoms with Gasteiger partial charge in [-0.05, 0) is 58.6 Å². The topological polar surface area (TPSA) is 61.6 Å². The highest BCUT2D eigenvalue weighted by molar-refractivity contribution is 7.99. The van der Waals surface area contributed by atoms with Crippen LogP contribution >= 0.6 is 11.8 Å². The molecule has 5 heteroatoms. The van der Waals surface area contributed by atoms with Gasteiger partial charge in [0.15, 0.2) is 5.16 Å². The molecule has 0 aromatic carbocycles. The smallest absolute Gasteiger partial charge is 0.188 e. The van der Waals surface area contributed by atoms with Crippen LogP contribution in [0.3, 0.4) is 0 Å². The van der Waals surface area contributed by atoms with E-state index in [0.717, 1.165) is 48.8 Å². The molecule has 1 fully saturated rings. The van der Waals surface area contributed by atoms with Crippen molar-refractivity contribution in [3.63, 3.8) is 0 Å². The Morgan fingerprint density at radius 2 is 2.00 bits per heavy atom. The maximum atomic E-state index is 9.53. The first-order chi connectivity index (χ1) is 9.99. The summed E-state index contributed by atoms with van der Waals surface area (Å²) in [5, 5.41) is 14.2. The molecule has 1 aliphatic rings. The predicted molar refractivity (Wildman–Crippen MR) is 86.4 cm³/mol. The van der Waals surface area contributed by atoms with Gasteiger partial charge in [-0.1, -0.05) is 18.7 Å². The van der Waals surface area contributed by atoms with E-state index in [1.807, 2.05) is 13.8 Å². The van der Waals surface area contributed by atoms with E-state index in [0.29, 0.717) is 5.25 Å². The zero-order chi connectivity index (χ0) is 15.5. The highest BCUT2D eigenvalue weighted by Crippen LogP contribution is 2.37. The minimum absolute atomic E-state index is 0.362. The molecule has 0 radical (unpaired) electrons. The monoisotopic (exact) mass is 304 g/mol. The van der Waals surface area contributed by atoms with Crippen molar-refractivity contribution in [3.05, 3.63) is 17.0 Å². The summed E-state index contributed by atoms with van der Waals surface area (Å²) in [4.78, 5) is 9.19. The molecule has 0 spiro atoms. The molecule has 114 valence electrons. The lowest BCUT2D eigenvalue weighted by Gasteiger charge is -2.35. The third-order valence-electron chi connectivity index (χ3n) is 4.32. The van der Waals surface area contributed by atoms with Gasteiger partial charge in [-0.2, -0.15) is 5.26 Å². The van der Waals surface area contributed by atoms with Crippen molar-refractivity contribution in [2.24, 2.45) is 0 Å². The Kier molecular flexibility index (Phi) is 5.23. The van der Waals surface area contributed by atoms with Gasteiger partial charge in [0.1, 0.15) is 5.54 Å². The zero-order valence-electron chi connectivity index (χ0n) is 13.4. The number of aryl methyl sites for hydroxylation is 2. The third-order valence-corrected chi connectivity index (χ3v) is 5.45. The number of hydrogen-bond donors (Lipinski definition) is 1. The molecule has 2 rings (SSSR count). The molecule has 0 amide bonds. The van der Waals surface area contributed by atoms with Crippen LogP contribution in [0.15, 0.2) is 5.16 Å². The second-order valence-electron chi connectivity index (χ2n) is 5.86. The first-order valence-corrected chi connectivity index (χ1v) is 8.52. The Hall–Kier alpha value is -1.12. The number of aromatic nitrogens is 2. The van der Waals surface area contributed by atoms with Crippen LogP contribution in [0.4, 0.5) is 0 Å². The fourth-order valence-corrected chi connectivity index (χ4v) is 4.24. The van der Waals surface area contributed by atoms with E-state index in [1.165, 1.54) is 5.56 Å². The van der Waals surface area contributed by atoms with E-state index in [2.05, 4.69) is 35.2 Å². The summed E-state index contributed by atoms with van der Waals surface area (Å²) in [7, 11) is 0. The van der Waals surface area contributed by atoms with Crippen LogP contribution in [0.5, 0.6) is 0 Å². The van der Waals surface area contributed by atoms with Crippen LogP contribution in [-0.4, -0.2) is 27.3 Å². The minimum Gasteiger partial charge on any atom is -0.300 e. The van der Waals surface area contributed by atoms with Gasteiger partial charge in [-0.25, -0.2) is 9.97 Å². The standard InChI is InChI=1S/C16H24N4S/c1-5-18-16(10-17)8-6-7-14(9-16)21-15-19-12(3)11(2)13(4)20-15/h14,18H,5-9H2,1-4H3. The van der Waals surface area contributed by atoms with Gasteiger partial charge in [0.05, 0.1) is 6.07 Å². The molecular formula is C16H24N4S. The van der Waals surface area contributed by atoms with Crippen molar-refractivity contribution in [2.75, 3.05) is 6.54 Å². The molecule has 1 saturated carbocycles. The van der Waals surface area contributed by atoms with Crippen LogP contribution in [0, 0.1) is 32.1 Å². The van der Waals surface area contributed by atoms with Gasteiger partial charge in [0, 0.05) is 16.6 Å². The predicted octanol–water partition coefficient (Wildman–Crippen LogP) is 3.31. The van der Waals surface area contributed by atoms with Gasteiger partial charge in [-0.15, -0.1) is 0 Å². The largest absolute Gasteiger partial charge is 0.300 e. The fraction of sp³-hybridized carbons (Fsp3) is 0.688. The zero-order valence-corrected chi connectivity index (χ0v) is 14.2. The van der Waals surface area contributed by atoms with Gasteiger partial charge in [0.25, 0.3) is 0 Å². The van der Waals surface area contributed by atoms with Crippen LogP contribution in [0.2, 0.25) is 0 Å².